The molecule has 2 fully saturated rings. The van der Waals surface area contributed by atoms with Crippen LogP contribution in [0.2, 0.25) is 10.0 Å². The minimum absolute atomic E-state index is 0.0114. The average Bonchev–Trinajstić information content (AvgIpc) is 3.05. The predicted octanol–water partition coefficient (Wildman–Crippen LogP) is 3.97. The van der Waals surface area contributed by atoms with Gasteiger partial charge < -0.3 is 14.5 Å². The van der Waals surface area contributed by atoms with Gasteiger partial charge in [0.25, 0.3) is 0 Å². The number of nitrogens with zero attached hydrogens (tertiary/aromatic N) is 2. The highest BCUT2D eigenvalue weighted by molar-refractivity contribution is 6.36. The summed E-state index contributed by atoms with van der Waals surface area (Å²) in [7, 11) is 0. The number of benzene rings is 1. The smallest absolute Gasteiger partial charge is 0.227 e. The van der Waals surface area contributed by atoms with Crippen molar-refractivity contribution in [2.75, 3.05) is 19.6 Å². The number of fused-ring (bicyclic) bond motifs is 1. The summed E-state index contributed by atoms with van der Waals surface area (Å²) < 4.78 is 6.24. The Hall–Kier alpha value is -1.79. The van der Waals surface area contributed by atoms with E-state index in [-0.39, 0.29) is 41.9 Å². The molecule has 162 valence electrons. The van der Waals surface area contributed by atoms with Gasteiger partial charge in [0.15, 0.2) is 5.78 Å². The van der Waals surface area contributed by atoms with Gasteiger partial charge in [-0.15, -0.1) is 0 Å². The van der Waals surface area contributed by atoms with Crippen LogP contribution in [0.25, 0.3) is 0 Å². The fourth-order valence-corrected chi connectivity index (χ4v) is 5.24. The van der Waals surface area contributed by atoms with Gasteiger partial charge >= 0.3 is 0 Å². The molecule has 1 spiro atoms. The summed E-state index contributed by atoms with van der Waals surface area (Å²) in [6.45, 7) is 7.39. The van der Waals surface area contributed by atoms with Crippen LogP contribution in [0.1, 0.15) is 56.8 Å². The van der Waals surface area contributed by atoms with Gasteiger partial charge in [-0.05, 0) is 32.9 Å². The third-order valence-electron chi connectivity index (χ3n) is 6.38. The number of rotatable bonds is 1. The second-order valence-corrected chi connectivity index (χ2v) is 10.4. The lowest BCUT2D eigenvalue weighted by atomic mass is 9.82. The van der Waals surface area contributed by atoms with E-state index in [1.807, 2.05) is 25.7 Å². The van der Waals surface area contributed by atoms with E-state index in [0.29, 0.717) is 53.8 Å². The fraction of sp³-hybridized carbons (Fsp3) is 0.591. The molecule has 8 heteroatoms. The predicted molar refractivity (Wildman–Crippen MR) is 114 cm³/mol. The van der Waals surface area contributed by atoms with Gasteiger partial charge in [0.1, 0.15) is 11.4 Å². The maximum Gasteiger partial charge on any atom is 0.227 e. The molecule has 3 heterocycles. The lowest BCUT2D eigenvalue weighted by Gasteiger charge is -2.44. The molecule has 1 atom stereocenters. The summed E-state index contributed by atoms with van der Waals surface area (Å²) in [6, 6.07) is 3.17. The van der Waals surface area contributed by atoms with Gasteiger partial charge in [0.05, 0.1) is 22.9 Å². The molecule has 6 nitrogen and oxygen atoms in total. The van der Waals surface area contributed by atoms with Crippen molar-refractivity contribution in [3.05, 3.63) is 27.7 Å². The third-order valence-corrected chi connectivity index (χ3v) is 6.88. The van der Waals surface area contributed by atoms with Gasteiger partial charge in [-0.2, -0.15) is 0 Å². The number of halogens is 2. The number of likely N-dealkylation sites (tertiary alicyclic amines) is 2. The SMILES string of the molecule is CC(C)(C)N1CC(C(=O)N2CCC3(CC2)CC(=O)c2cc(Cl)cc(Cl)c2O3)CC1=O. The summed E-state index contributed by atoms with van der Waals surface area (Å²) in [5, 5.41) is 0.734. The van der Waals surface area contributed by atoms with Crippen LogP contribution >= 0.6 is 23.2 Å². The molecule has 1 aromatic carbocycles. The van der Waals surface area contributed by atoms with Crippen LogP contribution < -0.4 is 4.74 Å². The summed E-state index contributed by atoms with van der Waals surface area (Å²) in [5.74, 6) is 0.0803. The monoisotopic (exact) mass is 452 g/mol. The Bertz CT molecular complexity index is 916. The molecule has 30 heavy (non-hydrogen) atoms. The van der Waals surface area contributed by atoms with Gasteiger partial charge in [0, 0.05) is 49.5 Å². The second kappa shape index (κ2) is 7.41. The van der Waals surface area contributed by atoms with Gasteiger partial charge in [-0.25, -0.2) is 0 Å². The number of amides is 2. The Morgan fingerprint density at radius 2 is 1.83 bits per heavy atom. The second-order valence-electron chi connectivity index (χ2n) is 9.55. The number of ketones is 1. The molecule has 3 aliphatic rings. The Morgan fingerprint density at radius 1 is 1.17 bits per heavy atom. The minimum Gasteiger partial charge on any atom is -0.484 e. The Kier molecular flexibility index (Phi) is 5.30. The van der Waals surface area contributed by atoms with Crippen molar-refractivity contribution in [1.29, 1.82) is 0 Å². The van der Waals surface area contributed by atoms with Crippen LogP contribution in [0, 0.1) is 5.92 Å². The topological polar surface area (TPSA) is 66.9 Å². The van der Waals surface area contributed by atoms with E-state index in [4.69, 9.17) is 27.9 Å². The lowest BCUT2D eigenvalue weighted by molar-refractivity contribution is -0.139. The van der Waals surface area contributed by atoms with Crippen LogP contribution in [0.4, 0.5) is 0 Å². The first-order valence-electron chi connectivity index (χ1n) is 10.3. The molecule has 1 unspecified atom stereocenters. The van der Waals surface area contributed by atoms with E-state index in [1.165, 1.54) is 0 Å². The highest BCUT2D eigenvalue weighted by Crippen LogP contribution is 2.44. The van der Waals surface area contributed by atoms with Crippen LogP contribution in [-0.4, -0.2) is 58.2 Å². The molecular formula is C22H26Cl2N2O4. The number of hydrogen-bond donors (Lipinski definition) is 0. The van der Waals surface area contributed by atoms with Gasteiger partial charge in [-0.3, -0.25) is 14.4 Å². The van der Waals surface area contributed by atoms with E-state index in [9.17, 15) is 14.4 Å². The summed E-state index contributed by atoms with van der Waals surface area (Å²) in [6.07, 6.45) is 1.61. The number of ether oxygens (including phenoxy) is 1. The highest BCUT2D eigenvalue weighted by atomic mass is 35.5. The van der Waals surface area contributed by atoms with Crippen molar-refractivity contribution in [3.8, 4) is 5.75 Å². The Labute approximate surface area is 186 Å². The molecule has 0 aromatic heterocycles. The molecule has 0 aliphatic carbocycles. The Morgan fingerprint density at radius 3 is 2.43 bits per heavy atom. The van der Waals surface area contributed by atoms with Crippen molar-refractivity contribution < 1.29 is 19.1 Å². The van der Waals surface area contributed by atoms with E-state index < -0.39 is 5.60 Å². The molecule has 0 saturated carbocycles. The number of carbonyl (C=O) groups excluding carboxylic acids is 3. The first-order chi connectivity index (χ1) is 14.0. The van der Waals surface area contributed by atoms with Gasteiger partial charge in [-0.1, -0.05) is 23.2 Å². The van der Waals surface area contributed by atoms with E-state index in [1.54, 1.807) is 17.0 Å². The molecule has 0 bridgehead atoms. The summed E-state index contributed by atoms with van der Waals surface area (Å²) in [4.78, 5) is 41.7. The maximum atomic E-state index is 13.0. The quantitative estimate of drug-likeness (QED) is 0.646. The lowest BCUT2D eigenvalue weighted by Crippen LogP contribution is -2.53. The third kappa shape index (κ3) is 3.80. The highest BCUT2D eigenvalue weighted by Gasteiger charge is 2.46. The normalized spacial score (nSPS) is 23.6. The molecule has 1 aromatic rings. The van der Waals surface area contributed by atoms with E-state index in [0.717, 1.165) is 0 Å². The van der Waals surface area contributed by atoms with Crippen molar-refractivity contribution in [2.45, 2.75) is 57.6 Å². The average molecular weight is 453 g/mol. The number of Topliss-reactive ketones (excluding diaryl/α,β-unsaturated/α-hetero) is 1. The van der Waals surface area contributed by atoms with E-state index >= 15 is 0 Å². The van der Waals surface area contributed by atoms with Crippen LogP contribution in [0.15, 0.2) is 12.1 Å². The molecule has 2 amide bonds. The molecule has 3 aliphatic heterocycles. The molecule has 4 rings (SSSR count). The first kappa shape index (κ1) is 21.4. The van der Waals surface area contributed by atoms with Crippen LogP contribution in [-0.2, 0) is 9.59 Å². The zero-order chi connectivity index (χ0) is 21.8. The number of piperidine rings is 1. The fourth-order valence-electron chi connectivity index (χ4n) is 4.70. The summed E-state index contributed by atoms with van der Waals surface area (Å²) >= 11 is 12.3. The van der Waals surface area contributed by atoms with E-state index in [2.05, 4.69) is 0 Å². The number of hydrogen-bond acceptors (Lipinski definition) is 4. The zero-order valence-electron chi connectivity index (χ0n) is 17.5. The van der Waals surface area contributed by atoms with Crippen molar-refractivity contribution in [2.24, 2.45) is 5.92 Å². The molecular weight excluding hydrogens is 427 g/mol. The first-order valence-corrected chi connectivity index (χ1v) is 11.1. The van der Waals surface area contributed by atoms with Gasteiger partial charge in [0.2, 0.25) is 11.8 Å². The molecule has 0 radical (unpaired) electrons. The largest absolute Gasteiger partial charge is 0.484 e. The zero-order valence-corrected chi connectivity index (χ0v) is 19.0. The molecule has 0 N–H and O–H groups in total. The summed E-state index contributed by atoms with van der Waals surface area (Å²) in [5.41, 5.74) is -0.520. The number of carbonyl (C=O) groups is 3. The standard InChI is InChI=1S/C22H26Cl2N2O4/c1-21(2,3)26-12-13(8-18(26)28)20(29)25-6-4-22(5-7-25)11-17(27)15-9-14(23)10-16(24)19(15)30-22/h9-10,13H,4-8,11-12H2,1-3H3. The van der Waals surface area contributed by atoms with Crippen molar-refractivity contribution >= 4 is 40.8 Å². The molecule has 2 saturated heterocycles. The van der Waals surface area contributed by atoms with Crippen molar-refractivity contribution in [3.63, 3.8) is 0 Å². The van der Waals surface area contributed by atoms with Crippen LogP contribution in [0.3, 0.4) is 0 Å². The van der Waals surface area contributed by atoms with Crippen molar-refractivity contribution in [1.82, 2.24) is 9.80 Å². The van der Waals surface area contributed by atoms with Crippen LogP contribution in [0.5, 0.6) is 5.75 Å². The Balaban J connectivity index is 1.44. The maximum absolute atomic E-state index is 13.0. The minimum atomic E-state index is -0.652.